The minimum atomic E-state index is -1.17. The van der Waals surface area contributed by atoms with E-state index >= 15 is 0 Å². The molecule has 2 fully saturated rings. The smallest absolute Gasteiger partial charge is 0.338 e. The average molecular weight is 795 g/mol. The monoisotopic (exact) mass is 794 g/mol. The molecule has 0 spiro atoms. The zero-order valence-corrected chi connectivity index (χ0v) is 33.7. The molecule has 1 N–H and O–H groups in total. The van der Waals surface area contributed by atoms with Gasteiger partial charge >= 0.3 is 5.97 Å². The van der Waals surface area contributed by atoms with Crippen molar-refractivity contribution in [3.8, 4) is 0 Å². The maximum Gasteiger partial charge on any atom is 0.338 e. The summed E-state index contributed by atoms with van der Waals surface area (Å²) in [6, 6.07) is 32.6. The molecule has 0 unspecified atom stereocenters. The van der Waals surface area contributed by atoms with Crippen LogP contribution in [-0.4, -0.2) is 62.0 Å². The van der Waals surface area contributed by atoms with Crippen LogP contribution in [0.3, 0.4) is 0 Å². The lowest BCUT2D eigenvalue weighted by molar-refractivity contribution is -0.144. The van der Waals surface area contributed by atoms with Gasteiger partial charge in [0.25, 0.3) is 17.1 Å². The standard InChI is InChI=1S/C23H25NO4.C12H13NO3.C11H13ClO/c1-3-4-8-17-11-13-19(14-12-17)23(27)28-20-15-21(25)24(22(20)26)16(2)18-9-6-5-7-10-18;1-8(9-5-3-2-4-6-9)13-11(15)7-10(14)12(13)16;1-2-3-4-9-5-7-10(8-6-9)11(12)13/h5-7,9-14,16,20H,3-4,8,15H2,1-2H3;2-6,8,10,14H,7H2,1H3;5-8H,2-4H2,1H3/t16-,20-;8-,10-;/m11./s1. The Hall–Kier alpha value is -5.45. The van der Waals surface area contributed by atoms with E-state index in [4.69, 9.17) is 16.3 Å². The van der Waals surface area contributed by atoms with Crippen molar-refractivity contribution >= 4 is 46.4 Å². The molecule has 0 aromatic heterocycles. The summed E-state index contributed by atoms with van der Waals surface area (Å²) in [6.45, 7) is 7.87. The summed E-state index contributed by atoms with van der Waals surface area (Å²) in [5.41, 5.74) is 5.13. The van der Waals surface area contributed by atoms with E-state index in [-0.39, 0.29) is 35.9 Å². The largest absolute Gasteiger partial charge is 0.448 e. The number of nitrogens with zero attached hydrogens (tertiary/aromatic N) is 2. The molecule has 2 aliphatic rings. The molecule has 0 radical (unpaired) electrons. The maximum absolute atomic E-state index is 12.7. The van der Waals surface area contributed by atoms with Crippen LogP contribution < -0.4 is 0 Å². The van der Waals surface area contributed by atoms with Gasteiger partial charge in [-0.3, -0.25) is 33.8 Å². The molecule has 4 amide bonds. The SMILES string of the molecule is CCCCc1ccc(C(=O)Cl)cc1.CCCCc1ccc(C(=O)O[C@@H]2CC(=O)N([C@H](C)c3ccccc3)C2=O)cc1.C[C@H](c1ccccc1)N1C(=O)C[C@@H](O)C1=O. The molecular formula is C46H51ClN2O8. The molecule has 6 rings (SSSR count). The molecule has 4 aromatic rings. The number of likely N-dealkylation sites (tertiary alicyclic amines) is 2. The van der Waals surface area contributed by atoms with Gasteiger partial charge in [-0.1, -0.05) is 112 Å². The molecule has 300 valence electrons. The lowest BCUT2D eigenvalue weighted by Gasteiger charge is -2.23. The van der Waals surface area contributed by atoms with Crippen molar-refractivity contribution in [1.29, 1.82) is 0 Å². The Morgan fingerprint density at radius 3 is 1.47 bits per heavy atom. The van der Waals surface area contributed by atoms with Crippen LogP contribution in [-0.2, 0) is 36.8 Å². The first-order chi connectivity index (χ1) is 27.4. The fourth-order valence-corrected chi connectivity index (χ4v) is 6.62. The zero-order valence-electron chi connectivity index (χ0n) is 32.9. The predicted octanol–water partition coefficient (Wildman–Crippen LogP) is 8.35. The van der Waals surface area contributed by atoms with Crippen LogP contribution in [0.4, 0.5) is 0 Å². The number of esters is 1. The fourth-order valence-electron chi connectivity index (χ4n) is 6.49. The van der Waals surface area contributed by atoms with E-state index in [1.807, 2.05) is 84.9 Å². The van der Waals surface area contributed by atoms with E-state index in [1.54, 1.807) is 38.1 Å². The quantitative estimate of drug-likeness (QED) is 0.0810. The number of rotatable bonds is 13. The van der Waals surface area contributed by atoms with Gasteiger partial charge in [0, 0.05) is 5.56 Å². The molecule has 0 aliphatic carbocycles. The molecular weight excluding hydrogens is 744 g/mol. The normalized spacial score (nSPS) is 17.3. The Morgan fingerprint density at radius 2 is 1.07 bits per heavy atom. The maximum atomic E-state index is 12.7. The lowest BCUT2D eigenvalue weighted by Crippen LogP contribution is -2.35. The second-order valence-corrected chi connectivity index (χ2v) is 14.4. The van der Waals surface area contributed by atoms with Gasteiger partial charge in [-0.15, -0.1) is 0 Å². The van der Waals surface area contributed by atoms with Crippen LogP contribution in [0.25, 0.3) is 0 Å². The number of hydrogen-bond acceptors (Lipinski definition) is 8. The van der Waals surface area contributed by atoms with Gasteiger partial charge in [-0.25, -0.2) is 4.79 Å². The molecule has 0 bridgehead atoms. The molecule has 57 heavy (non-hydrogen) atoms. The third-order valence-corrected chi connectivity index (χ3v) is 10.1. The molecule has 10 nitrogen and oxygen atoms in total. The molecule has 2 saturated heterocycles. The van der Waals surface area contributed by atoms with Crippen molar-refractivity contribution in [2.45, 2.75) is 103 Å². The van der Waals surface area contributed by atoms with Crippen LogP contribution in [0.1, 0.15) is 121 Å². The van der Waals surface area contributed by atoms with Crippen LogP contribution in [0.5, 0.6) is 0 Å². The van der Waals surface area contributed by atoms with Gasteiger partial charge in [-0.05, 0) is 97.7 Å². The number of unbranched alkanes of at least 4 members (excludes halogenated alkanes) is 2. The van der Waals surface area contributed by atoms with Crippen molar-refractivity contribution in [3.63, 3.8) is 0 Å². The van der Waals surface area contributed by atoms with E-state index in [0.29, 0.717) is 11.1 Å². The minimum absolute atomic E-state index is 0.101. The Bertz CT molecular complexity index is 1970. The highest BCUT2D eigenvalue weighted by Crippen LogP contribution is 2.29. The number of imide groups is 2. The van der Waals surface area contributed by atoms with E-state index in [2.05, 4.69) is 13.8 Å². The van der Waals surface area contributed by atoms with Crippen molar-refractivity contribution in [2.75, 3.05) is 0 Å². The number of hydrogen-bond donors (Lipinski definition) is 1. The molecule has 11 heteroatoms. The van der Waals surface area contributed by atoms with Crippen LogP contribution in [0.2, 0.25) is 0 Å². The Kier molecular flexibility index (Phi) is 16.9. The van der Waals surface area contributed by atoms with Crippen molar-refractivity contribution in [2.24, 2.45) is 0 Å². The fraction of sp³-hybridized carbons (Fsp3) is 0.348. The van der Waals surface area contributed by atoms with Gasteiger partial charge < -0.3 is 9.84 Å². The number of amides is 4. The number of aryl methyl sites for hydroxylation is 2. The Morgan fingerprint density at radius 1 is 0.649 bits per heavy atom. The van der Waals surface area contributed by atoms with Gasteiger partial charge in [0.2, 0.25) is 11.8 Å². The topological polar surface area (TPSA) is 138 Å². The number of aliphatic hydroxyl groups excluding tert-OH is 1. The number of carbonyl (C=O) groups is 6. The van der Waals surface area contributed by atoms with Gasteiger partial charge in [0.05, 0.1) is 30.5 Å². The van der Waals surface area contributed by atoms with E-state index in [1.165, 1.54) is 23.3 Å². The first-order valence-electron chi connectivity index (χ1n) is 19.4. The molecule has 4 atom stereocenters. The first-order valence-corrected chi connectivity index (χ1v) is 19.8. The van der Waals surface area contributed by atoms with Crippen molar-refractivity contribution < 1.29 is 38.6 Å². The number of benzene rings is 4. The molecule has 2 aliphatic heterocycles. The molecule has 2 heterocycles. The van der Waals surface area contributed by atoms with Gasteiger partial charge in [0.15, 0.2) is 6.10 Å². The summed E-state index contributed by atoms with van der Waals surface area (Å²) in [6.07, 6.45) is 4.18. The highest BCUT2D eigenvalue weighted by atomic mass is 35.5. The number of carbonyl (C=O) groups excluding carboxylic acids is 6. The van der Waals surface area contributed by atoms with Crippen molar-refractivity contribution in [1.82, 2.24) is 9.80 Å². The summed E-state index contributed by atoms with van der Waals surface area (Å²) >= 11 is 5.32. The Balaban J connectivity index is 0.000000209. The third kappa shape index (κ3) is 12.3. The van der Waals surface area contributed by atoms with E-state index in [0.717, 1.165) is 47.3 Å². The highest BCUT2D eigenvalue weighted by Gasteiger charge is 2.44. The third-order valence-electron chi connectivity index (χ3n) is 9.90. The van der Waals surface area contributed by atoms with E-state index in [9.17, 15) is 33.9 Å². The Labute approximate surface area is 339 Å². The van der Waals surface area contributed by atoms with Crippen LogP contribution in [0, 0.1) is 0 Å². The zero-order chi connectivity index (χ0) is 41.5. The average Bonchev–Trinajstić information content (AvgIpc) is 3.66. The number of aliphatic hydroxyl groups is 1. The summed E-state index contributed by atoms with van der Waals surface area (Å²) in [5.74, 6) is -2.18. The number of ether oxygens (including phenoxy) is 1. The van der Waals surface area contributed by atoms with Gasteiger partial charge in [0.1, 0.15) is 6.10 Å². The second-order valence-electron chi connectivity index (χ2n) is 14.1. The summed E-state index contributed by atoms with van der Waals surface area (Å²) < 4.78 is 5.37. The second kappa shape index (κ2) is 21.7. The van der Waals surface area contributed by atoms with Crippen LogP contribution >= 0.6 is 11.6 Å². The molecule has 4 aromatic carbocycles. The van der Waals surface area contributed by atoms with Crippen LogP contribution in [0.15, 0.2) is 109 Å². The summed E-state index contributed by atoms with van der Waals surface area (Å²) in [4.78, 5) is 73.7. The first kappa shape index (κ1) is 44.3. The summed E-state index contributed by atoms with van der Waals surface area (Å²) in [5, 5.41) is 8.94. The minimum Gasteiger partial charge on any atom is -0.448 e. The highest BCUT2D eigenvalue weighted by molar-refractivity contribution is 6.67. The van der Waals surface area contributed by atoms with Gasteiger partial charge in [-0.2, -0.15) is 0 Å². The number of halogens is 1. The lowest BCUT2D eigenvalue weighted by atomic mass is 10.1. The summed E-state index contributed by atoms with van der Waals surface area (Å²) in [7, 11) is 0. The molecule has 0 saturated carbocycles. The van der Waals surface area contributed by atoms with E-state index < -0.39 is 36.0 Å². The predicted molar refractivity (Wildman–Crippen MR) is 218 cm³/mol. The van der Waals surface area contributed by atoms with Crippen molar-refractivity contribution in [3.05, 3.63) is 143 Å².